The molecule has 1 N–H and O–H groups in total. The van der Waals surface area contributed by atoms with Gasteiger partial charge >= 0.3 is 0 Å². The molecule has 0 aliphatic rings. The lowest BCUT2D eigenvalue weighted by Gasteiger charge is -2.06. The monoisotopic (exact) mass is 329 g/mol. The van der Waals surface area contributed by atoms with Crippen LogP contribution in [0.1, 0.15) is 28.7 Å². The van der Waals surface area contributed by atoms with E-state index in [2.05, 4.69) is 20.4 Å². The van der Waals surface area contributed by atoms with Crippen LogP contribution in [0.25, 0.3) is 11.0 Å². The number of aryl methyl sites for hydroxylation is 2. The van der Waals surface area contributed by atoms with Crippen LogP contribution in [0.5, 0.6) is 0 Å². The van der Waals surface area contributed by atoms with E-state index in [4.69, 9.17) is 11.6 Å². The number of anilines is 1. The molecular formula is C16H16ClN5O. The maximum atomic E-state index is 12.5. The molecule has 0 saturated carbocycles. The summed E-state index contributed by atoms with van der Waals surface area (Å²) in [6.45, 7) is 6.42. The number of nitrogens with zero attached hydrogens (tertiary/aromatic N) is 4. The van der Waals surface area contributed by atoms with Gasteiger partial charge in [0.25, 0.3) is 5.91 Å². The van der Waals surface area contributed by atoms with Gasteiger partial charge in [-0.05, 0) is 39.0 Å². The van der Waals surface area contributed by atoms with Crippen LogP contribution in [0, 0.1) is 13.8 Å². The standard InChI is InChI=1S/C16H16ClN5O/c1-4-22-10(3)14(9(2)21-22)16(23)20-13-6-5-11-7-12(17)8-18-15(11)19-13/h5-8H,4H2,1-3H3,(H,18,19,20,23). The number of nitrogens with one attached hydrogen (secondary N) is 1. The maximum Gasteiger partial charge on any atom is 0.260 e. The Morgan fingerprint density at radius 1 is 1.35 bits per heavy atom. The first-order chi connectivity index (χ1) is 11.0. The zero-order chi connectivity index (χ0) is 16.6. The second-order valence-corrected chi connectivity index (χ2v) is 5.65. The molecule has 3 heterocycles. The highest BCUT2D eigenvalue weighted by Crippen LogP contribution is 2.19. The zero-order valence-electron chi connectivity index (χ0n) is 13.1. The Morgan fingerprint density at radius 2 is 2.13 bits per heavy atom. The van der Waals surface area contributed by atoms with Gasteiger partial charge in [0, 0.05) is 23.8 Å². The molecule has 0 unspecified atom stereocenters. The van der Waals surface area contributed by atoms with E-state index in [1.165, 1.54) is 6.20 Å². The molecule has 3 aromatic heterocycles. The molecule has 0 aromatic carbocycles. The Morgan fingerprint density at radius 3 is 2.83 bits per heavy atom. The highest BCUT2D eigenvalue weighted by Gasteiger charge is 2.18. The number of fused-ring (bicyclic) bond motifs is 1. The first-order valence-corrected chi connectivity index (χ1v) is 7.65. The average molecular weight is 330 g/mol. The Hall–Kier alpha value is -2.47. The van der Waals surface area contributed by atoms with Gasteiger partial charge in [-0.2, -0.15) is 5.10 Å². The fraction of sp³-hybridized carbons (Fsp3) is 0.250. The molecule has 118 valence electrons. The number of halogens is 1. The number of aromatic nitrogens is 4. The molecule has 0 bridgehead atoms. The van der Waals surface area contributed by atoms with Crippen LogP contribution < -0.4 is 5.32 Å². The third-order valence-electron chi connectivity index (χ3n) is 3.66. The molecule has 1 amide bonds. The summed E-state index contributed by atoms with van der Waals surface area (Å²) in [6, 6.07) is 5.33. The number of hydrogen-bond donors (Lipinski definition) is 1. The third-order valence-corrected chi connectivity index (χ3v) is 3.87. The molecule has 0 fully saturated rings. The molecule has 23 heavy (non-hydrogen) atoms. The summed E-state index contributed by atoms with van der Waals surface area (Å²) in [5.41, 5.74) is 2.66. The Kier molecular flexibility index (Phi) is 4.00. The summed E-state index contributed by atoms with van der Waals surface area (Å²) in [7, 11) is 0. The molecule has 0 spiro atoms. The van der Waals surface area contributed by atoms with Crippen molar-refractivity contribution >= 4 is 34.4 Å². The van der Waals surface area contributed by atoms with Crippen LogP contribution in [0.15, 0.2) is 24.4 Å². The summed E-state index contributed by atoms with van der Waals surface area (Å²) >= 11 is 5.90. The van der Waals surface area contributed by atoms with E-state index in [0.29, 0.717) is 27.7 Å². The smallest absolute Gasteiger partial charge is 0.260 e. The van der Waals surface area contributed by atoms with Crippen molar-refractivity contribution in [3.05, 3.63) is 46.4 Å². The molecule has 0 atom stereocenters. The van der Waals surface area contributed by atoms with Crippen molar-refractivity contribution in [1.29, 1.82) is 0 Å². The van der Waals surface area contributed by atoms with Gasteiger partial charge in [-0.3, -0.25) is 9.48 Å². The normalized spacial score (nSPS) is 11.0. The summed E-state index contributed by atoms with van der Waals surface area (Å²) in [4.78, 5) is 21.0. The fourth-order valence-corrected chi connectivity index (χ4v) is 2.73. The lowest BCUT2D eigenvalue weighted by Crippen LogP contribution is -2.15. The van der Waals surface area contributed by atoms with E-state index in [9.17, 15) is 4.79 Å². The van der Waals surface area contributed by atoms with Crippen LogP contribution in [0.2, 0.25) is 5.02 Å². The van der Waals surface area contributed by atoms with Crippen molar-refractivity contribution in [3.63, 3.8) is 0 Å². The van der Waals surface area contributed by atoms with E-state index in [1.54, 1.807) is 12.1 Å². The van der Waals surface area contributed by atoms with Gasteiger partial charge in [0.15, 0.2) is 5.65 Å². The van der Waals surface area contributed by atoms with Gasteiger partial charge in [0.05, 0.1) is 16.3 Å². The number of pyridine rings is 2. The van der Waals surface area contributed by atoms with Gasteiger partial charge in [-0.25, -0.2) is 9.97 Å². The largest absolute Gasteiger partial charge is 0.306 e. The number of carbonyl (C=O) groups excluding carboxylic acids is 1. The highest BCUT2D eigenvalue weighted by atomic mass is 35.5. The molecule has 6 nitrogen and oxygen atoms in total. The quantitative estimate of drug-likeness (QED) is 0.799. The summed E-state index contributed by atoms with van der Waals surface area (Å²) < 4.78 is 1.81. The molecule has 3 aromatic rings. The van der Waals surface area contributed by atoms with Gasteiger partial charge in [0.1, 0.15) is 5.82 Å². The van der Waals surface area contributed by atoms with E-state index in [-0.39, 0.29) is 5.91 Å². The second-order valence-electron chi connectivity index (χ2n) is 5.21. The number of rotatable bonds is 3. The SMILES string of the molecule is CCn1nc(C)c(C(=O)Nc2ccc3cc(Cl)cnc3n2)c1C. The number of amides is 1. The predicted octanol–water partition coefficient (Wildman–Crippen LogP) is 3.37. The first-order valence-electron chi connectivity index (χ1n) is 7.27. The third kappa shape index (κ3) is 2.90. The van der Waals surface area contributed by atoms with Crippen molar-refractivity contribution in [2.24, 2.45) is 0 Å². The highest BCUT2D eigenvalue weighted by molar-refractivity contribution is 6.31. The molecule has 0 aliphatic carbocycles. The Bertz CT molecular complexity index is 903. The molecule has 3 rings (SSSR count). The summed E-state index contributed by atoms with van der Waals surface area (Å²) in [5.74, 6) is 0.223. The van der Waals surface area contributed by atoms with Crippen molar-refractivity contribution in [3.8, 4) is 0 Å². The lowest BCUT2D eigenvalue weighted by molar-refractivity contribution is 0.102. The van der Waals surface area contributed by atoms with Crippen LogP contribution in [-0.2, 0) is 6.54 Å². The average Bonchev–Trinajstić information content (AvgIpc) is 2.81. The van der Waals surface area contributed by atoms with Gasteiger partial charge in [0.2, 0.25) is 0 Å². The minimum Gasteiger partial charge on any atom is -0.306 e. The molecule has 0 aliphatic heterocycles. The molecule has 0 radical (unpaired) electrons. The Labute approximate surface area is 138 Å². The van der Waals surface area contributed by atoms with Crippen LogP contribution in [0.4, 0.5) is 5.82 Å². The molecule has 7 heteroatoms. The van der Waals surface area contributed by atoms with Crippen LogP contribution >= 0.6 is 11.6 Å². The second kappa shape index (κ2) is 5.96. The molecule has 0 saturated heterocycles. The first kappa shape index (κ1) is 15.4. The van der Waals surface area contributed by atoms with Crippen molar-refractivity contribution in [1.82, 2.24) is 19.7 Å². The predicted molar refractivity (Wildman–Crippen MR) is 89.9 cm³/mol. The van der Waals surface area contributed by atoms with E-state index in [1.807, 2.05) is 31.5 Å². The Balaban J connectivity index is 1.91. The topological polar surface area (TPSA) is 72.7 Å². The van der Waals surface area contributed by atoms with E-state index < -0.39 is 0 Å². The zero-order valence-corrected chi connectivity index (χ0v) is 13.8. The maximum absolute atomic E-state index is 12.5. The summed E-state index contributed by atoms with van der Waals surface area (Å²) in [5, 5.41) is 8.54. The summed E-state index contributed by atoms with van der Waals surface area (Å²) in [6.07, 6.45) is 1.53. The molecular weight excluding hydrogens is 314 g/mol. The minimum atomic E-state index is -0.222. The minimum absolute atomic E-state index is 0.222. The van der Waals surface area contributed by atoms with Crippen molar-refractivity contribution in [2.45, 2.75) is 27.3 Å². The lowest BCUT2D eigenvalue weighted by atomic mass is 10.2. The fourth-order valence-electron chi connectivity index (χ4n) is 2.57. The van der Waals surface area contributed by atoms with Crippen LogP contribution in [0.3, 0.4) is 0 Å². The number of hydrogen-bond acceptors (Lipinski definition) is 4. The van der Waals surface area contributed by atoms with Crippen molar-refractivity contribution in [2.75, 3.05) is 5.32 Å². The van der Waals surface area contributed by atoms with E-state index in [0.717, 1.165) is 17.6 Å². The van der Waals surface area contributed by atoms with Gasteiger partial charge in [-0.1, -0.05) is 11.6 Å². The van der Waals surface area contributed by atoms with E-state index >= 15 is 0 Å². The van der Waals surface area contributed by atoms with Crippen molar-refractivity contribution < 1.29 is 4.79 Å². The van der Waals surface area contributed by atoms with Crippen LogP contribution in [-0.4, -0.2) is 25.7 Å². The van der Waals surface area contributed by atoms with Gasteiger partial charge < -0.3 is 5.32 Å². The number of carbonyl (C=O) groups is 1. The van der Waals surface area contributed by atoms with Gasteiger partial charge in [-0.15, -0.1) is 0 Å².